The number of sulfonamides is 1. The summed E-state index contributed by atoms with van der Waals surface area (Å²) >= 11 is 0. The van der Waals surface area contributed by atoms with E-state index >= 15 is 0 Å². The fraction of sp³-hybridized carbons (Fsp3) is 0.211. The van der Waals surface area contributed by atoms with Gasteiger partial charge in [-0.2, -0.15) is 4.98 Å². The first kappa shape index (κ1) is 20.6. The molecule has 4 aromatic rings. The van der Waals surface area contributed by atoms with E-state index in [4.69, 9.17) is 4.52 Å². The minimum Gasteiger partial charge on any atom is -0.345 e. The fourth-order valence-corrected chi connectivity index (χ4v) is 3.76. The Bertz CT molecular complexity index is 1360. The molecule has 31 heavy (non-hydrogen) atoms. The maximum Gasteiger partial charge on any atom is 0.258 e. The Morgan fingerprint density at radius 1 is 1.16 bits per heavy atom. The summed E-state index contributed by atoms with van der Waals surface area (Å²) in [6.07, 6.45) is 1.76. The number of nitrogens with one attached hydrogen (secondary N) is 1. The van der Waals surface area contributed by atoms with E-state index in [-0.39, 0.29) is 17.3 Å². The average Bonchev–Trinajstić information content (AvgIpc) is 3.37. The second kappa shape index (κ2) is 7.89. The van der Waals surface area contributed by atoms with Crippen molar-refractivity contribution in [3.8, 4) is 11.5 Å². The quantitative estimate of drug-likeness (QED) is 0.472. The zero-order valence-corrected chi connectivity index (χ0v) is 17.8. The zero-order chi connectivity index (χ0) is 22.2. The average molecular weight is 441 g/mol. The van der Waals surface area contributed by atoms with E-state index in [1.54, 1.807) is 29.7 Å². The van der Waals surface area contributed by atoms with Crippen molar-refractivity contribution in [3.05, 3.63) is 59.8 Å². The number of rotatable bonds is 6. The van der Waals surface area contributed by atoms with Gasteiger partial charge in [0, 0.05) is 31.4 Å². The van der Waals surface area contributed by atoms with Gasteiger partial charge in [0.2, 0.25) is 10.0 Å². The number of fused-ring (bicyclic) bond motifs is 1. The minimum atomic E-state index is -3.55. The van der Waals surface area contributed by atoms with Crippen LogP contribution in [0.2, 0.25) is 0 Å². The van der Waals surface area contributed by atoms with Crippen LogP contribution in [0, 0.1) is 6.92 Å². The molecule has 12 heteroatoms. The third-order valence-corrected chi connectivity index (χ3v) is 6.39. The lowest BCUT2D eigenvalue weighted by molar-refractivity contribution is 0.0949. The molecule has 3 heterocycles. The highest BCUT2D eigenvalue weighted by Gasteiger charge is 2.18. The van der Waals surface area contributed by atoms with Gasteiger partial charge >= 0.3 is 0 Å². The van der Waals surface area contributed by atoms with Crippen molar-refractivity contribution in [2.24, 2.45) is 0 Å². The summed E-state index contributed by atoms with van der Waals surface area (Å²) in [6, 6.07) is 9.28. The molecule has 1 amide bonds. The number of carbonyl (C=O) groups excluding carboxylic acids is 1. The minimum absolute atomic E-state index is 0.116. The van der Waals surface area contributed by atoms with E-state index in [1.807, 2.05) is 0 Å². The van der Waals surface area contributed by atoms with Crippen LogP contribution in [0.25, 0.3) is 17.1 Å². The maximum atomic E-state index is 12.5. The first-order valence-electron chi connectivity index (χ1n) is 9.21. The number of aromatic nitrogens is 5. The second-order valence-electron chi connectivity index (χ2n) is 6.90. The first-order chi connectivity index (χ1) is 14.8. The molecule has 0 atom stereocenters. The summed E-state index contributed by atoms with van der Waals surface area (Å²) in [5.41, 5.74) is 1.61. The van der Waals surface area contributed by atoms with E-state index in [0.717, 1.165) is 4.31 Å². The highest BCUT2D eigenvalue weighted by atomic mass is 32.2. The molecule has 3 aromatic heterocycles. The number of amides is 1. The highest BCUT2D eigenvalue weighted by Crippen LogP contribution is 2.19. The molecule has 0 bridgehead atoms. The summed E-state index contributed by atoms with van der Waals surface area (Å²) < 4.78 is 32.3. The molecule has 0 saturated carbocycles. The van der Waals surface area contributed by atoms with Gasteiger partial charge in [0.15, 0.2) is 17.3 Å². The van der Waals surface area contributed by atoms with Crippen LogP contribution >= 0.6 is 0 Å². The van der Waals surface area contributed by atoms with E-state index in [1.165, 1.54) is 38.4 Å². The van der Waals surface area contributed by atoms with Crippen LogP contribution in [0.15, 0.2) is 52.0 Å². The van der Waals surface area contributed by atoms with Gasteiger partial charge in [-0.1, -0.05) is 5.16 Å². The summed E-state index contributed by atoms with van der Waals surface area (Å²) in [6.45, 7) is 1.87. The second-order valence-corrected chi connectivity index (χ2v) is 9.05. The molecule has 0 spiro atoms. The van der Waals surface area contributed by atoms with Crippen molar-refractivity contribution in [3.63, 3.8) is 0 Å². The number of benzene rings is 1. The molecule has 160 valence electrons. The van der Waals surface area contributed by atoms with Crippen molar-refractivity contribution in [1.82, 2.24) is 34.4 Å². The molecule has 11 nitrogen and oxygen atoms in total. The van der Waals surface area contributed by atoms with Crippen molar-refractivity contribution in [2.45, 2.75) is 18.4 Å². The molecular formula is C19H19N7O4S. The molecule has 1 N–H and O–H groups in total. The van der Waals surface area contributed by atoms with Crippen LogP contribution in [-0.4, -0.2) is 57.5 Å². The van der Waals surface area contributed by atoms with Gasteiger partial charge in [-0.3, -0.25) is 9.20 Å². The molecule has 0 radical (unpaired) electrons. The van der Waals surface area contributed by atoms with E-state index in [2.05, 4.69) is 25.7 Å². The molecule has 0 saturated heterocycles. The van der Waals surface area contributed by atoms with Gasteiger partial charge < -0.3 is 9.84 Å². The standard InChI is InChI=1S/C19H19N7O4S/c1-12-21-19(30-24-12)14-8-9-26-16(10-14)22-23-17(26)11-20-18(27)13-4-6-15(7-5-13)31(28,29)25(2)3/h4-10H,11H2,1-3H3,(H,20,27). The van der Waals surface area contributed by atoms with Crippen LogP contribution in [-0.2, 0) is 16.6 Å². The van der Waals surface area contributed by atoms with E-state index in [0.29, 0.717) is 34.3 Å². The fourth-order valence-electron chi connectivity index (χ4n) is 2.86. The van der Waals surface area contributed by atoms with Gasteiger partial charge in [-0.05, 0) is 43.3 Å². The number of hydrogen-bond donors (Lipinski definition) is 1. The predicted molar refractivity (Wildman–Crippen MR) is 110 cm³/mol. The smallest absolute Gasteiger partial charge is 0.258 e. The molecule has 0 aliphatic carbocycles. The topological polar surface area (TPSA) is 136 Å². The largest absolute Gasteiger partial charge is 0.345 e. The monoisotopic (exact) mass is 441 g/mol. The van der Waals surface area contributed by atoms with Crippen molar-refractivity contribution >= 4 is 21.6 Å². The zero-order valence-electron chi connectivity index (χ0n) is 17.0. The maximum absolute atomic E-state index is 12.5. The normalized spacial score (nSPS) is 11.9. The molecule has 0 unspecified atom stereocenters. The number of carbonyl (C=O) groups is 1. The van der Waals surface area contributed by atoms with Crippen LogP contribution in [0.3, 0.4) is 0 Å². The Labute approximate surface area is 177 Å². The summed E-state index contributed by atoms with van der Waals surface area (Å²) in [7, 11) is -0.650. The molecule has 1 aromatic carbocycles. The lowest BCUT2D eigenvalue weighted by Crippen LogP contribution is -2.25. The lowest BCUT2D eigenvalue weighted by Gasteiger charge is -2.11. The van der Waals surface area contributed by atoms with Gasteiger partial charge in [0.25, 0.3) is 11.8 Å². The van der Waals surface area contributed by atoms with Gasteiger partial charge in [-0.15, -0.1) is 10.2 Å². The van der Waals surface area contributed by atoms with Gasteiger partial charge in [-0.25, -0.2) is 12.7 Å². The lowest BCUT2D eigenvalue weighted by atomic mass is 10.2. The Hall–Kier alpha value is -3.64. The van der Waals surface area contributed by atoms with Crippen LogP contribution < -0.4 is 5.32 Å². The van der Waals surface area contributed by atoms with Crippen LogP contribution in [0.1, 0.15) is 22.0 Å². The molecule has 0 aliphatic heterocycles. The first-order valence-corrected chi connectivity index (χ1v) is 10.6. The SMILES string of the molecule is Cc1noc(-c2ccn3c(CNC(=O)c4ccc(S(=O)(=O)N(C)C)cc4)nnc3c2)n1. The Morgan fingerprint density at radius 3 is 2.55 bits per heavy atom. The highest BCUT2D eigenvalue weighted by molar-refractivity contribution is 7.89. The van der Waals surface area contributed by atoms with Crippen LogP contribution in [0.5, 0.6) is 0 Å². The Balaban J connectivity index is 1.47. The Kier molecular flexibility index (Phi) is 5.25. The Morgan fingerprint density at radius 2 is 1.90 bits per heavy atom. The molecule has 0 aliphatic rings. The summed E-state index contributed by atoms with van der Waals surface area (Å²) in [5, 5.41) is 14.8. The van der Waals surface area contributed by atoms with Crippen molar-refractivity contribution in [2.75, 3.05) is 14.1 Å². The van der Waals surface area contributed by atoms with E-state index < -0.39 is 10.0 Å². The summed E-state index contributed by atoms with van der Waals surface area (Å²) in [5.74, 6) is 1.09. The molecule has 4 rings (SSSR count). The summed E-state index contributed by atoms with van der Waals surface area (Å²) in [4.78, 5) is 16.8. The number of hydrogen-bond acceptors (Lipinski definition) is 8. The predicted octanol–water partition coefficient (Wildman–Crippen LogP) is 1.27. The number of pyridine rings is 1. The van der Waals surface area contributed by atoms with E-state index in [9.17, 15) is 13.2 Å². The van der Waals surface area contributed by atoms with Gasteiger partial charge in [0.05, 0.1) is 11.4 Å². The molecule has 0 fully saturated rings. The number of aryl methyl sites for hydroxylation is 1. The van der Waals surface area contributed by atoms with Gasteiger partial charge in [0.1, 0.15) is 0 Å². The van der Waals surface area contributed by atoms with Crippen molar-refractivity contribution < 1.29 is 17.7 Å². The third kappa shape index (κ3) is 4.02. The number of nitrogens with zero attached hydrogens (tertiary/aromatic N) is 6. The van der Waals surface area contributed by atoms with Crippen LogP contribution in [0.4, 0.5) is 0 Å². The van der Waals surface area contributed by atoms with Crippen molar-refractivity contribution in [1.29, 1.82) is 0 Å². The molecular weight excluding hydrogens is 422 g/mol. The third-order valence-electron chi connectivity index (χ3n) is 4.56.